The van der Waals surface area contributed by atoms with E-state index < -0.39 is 6.04 Å². The molecule has 0 amide bonds. The molecular weight excluding hydrogens is 445 g/mol. The molecule has 1 unspecified atom stereocenters. The van der Waals surface area contributed by atoms with Crippen molar-refractivity contribution < 1.29 is 32.4 Å². The maximum Gasteiger partial charge on any atom is 0.191 e. The highest BCUT2D eigenvalue weighted by Crippen LogP contribution is 2.36. The highest BCUT2D eigenvalue weighted by molar-refractivity contribution is 6.31. The molecule has 0 aliphatic carbocycles. The van der Waals surface area contributed by atoms with Crippen LogP contribution in [-0.4, -0.2) is 5.78 Å². The Hall–Kier alpha value is -2.24. The number of ether oxygens (including phenoxy) is 2. The number of quaternary nitrogens is 1. The number of Topliss-reactive ketones (excluding diaryl/α,β-unsaturated/α-hetero) is 1. The second kappa shape index (κ2) is 11.2. The SMILES string of the molecule is CC(=O)C([NH3+])c1cccc(OCc2ccccc2Cl)c1OCc1ccccc1Cl.[Cl-]. The van der Waals surface area contributed by atoms with E-state index in [0.717, 1.165) is 11.1 Å². The molecule has 0 fully saturated rings. The van der Waals surface area contributed by atoms with Crippen LogP contribution < -0.4 is 27.6 Å². The Morgan fingerprint density at radius 3 is 1.93 bits per heavy atom. The maximum absolute atomic E-state index is 12.0. The van der Waals surface area contributed by atoms with Crippen molar-refractivity contribution in [2.45, 2.75) is 26.2 Å². The van der Waals surface area contributed by atoms with Gasteiger partial charge < -0.3 is 27.6 Å². The van der Waals surface area contributed by atoms with Crippen molar-refractivity contribution in [3.05, 3.63) is 93.5 Å². The van der Waals surface area contributed by atoms with Gasteiger partial charge >= 0.3 is 0 Å². The number of hydrogen-bond donors (Lipinski definition) is 1. The van der Waals surface area contributed by atoms with Crippen LogP contribution in [0.15, 0.2) is 66.7 Å². The van der Waals surface area contributed by atoms with Crippen LogP contribution in [0.3, 0.4) is 0 Å². The Kier molecular flexibility index (Phi) is 9.00. The molecule has 4 nitrogen and oxygen atoms in total. The quantitative estimate of drug-likeness (QED) is 0.552. The van der Waals surface area contributed by atoms with Crippen LogP contribution in [0.4, 0.5) is 0 Å². The van der Waals surface area contributed by atoms with Crippen molar-refractivity contribution in [3.63, 3.8) is 0 Å². The fraction of sp³-hybridized carbons (Fsp3) is 0.174. The molecule has 3 aromatic carbocycles. The first kappa shape index (κ1) is 24.0. The number of rotatable bonds is 8. The third kappa shape index (κ3) is 5.89. The van der Waals surface area contributed by atoms with E-state index in [1.54, 1.807) is 12.1 Å². The summed E-state index contributed by atoms with van der Waals surface area (Å²) in [4.78, 5) is 12.0. The predicted octanol–water partition coefficient (Wildman–Crippen LogP) is 2.03. The third-order valence-electron chi connectivity index (χ3n) is 4.55. The van der Waals surface area contributed by atoms with Gasteiger partial charge in [0.1, 0.15) is 13.2 Å². The van der Waals surface area contributed by atoms with Crippen LogP contribution in [0.1, 0.15) is 29.7 Å². The summed E-state index contributed by atoms with van der Waals surface area (Å²) in [5, 5.41) is 1.24. The van der Waals surface area contributed by atoms with Gasteiger partial charge in [0.15, 0.2) is 23.3 Å². The Bertz CT molecular complexity index is 1010. The van der Waals surface area contributed by atoms with Crippen LogP contribution in [0.2, 0.25) is 10.0 Å². The van der Waals surface area contributed by atoms with E-state index in [4.69, 9.17) is 32.7 Å². The first-order valence-corrected chi connectivity index (χ1v) is 9.92. The number of halogens is 3. The maximum atomic E-state index is 12.0. The molecule has 3 N–H and O–H groups in total. The summed E-state index contributed by atoms with van der Waals surface area (Å²) in [5.74, 6) is 0.940. The molecule has 0 bridgehead atoms. The Balaban J connectivity index is 0.00000320. The number of carbonyl (C=O) groups excluding carboxylic acids is 1. The molecule has 0 aliphatic heterocycles. The molecule has 3 aromatic rings. The number of ketones is 1. The van der Waals surface area contributed by atoms with Crippen molar-refractivity contribution >= 4 is 29.0 Å². The van der Waals surface area contributed by atoms with Crippen molar-refractivity contribution in [1.82, 2.24) is 0 Å². The van der Waals surface area contributed by atoms with E-state index in [2.05, 4.69) is 5.73 Å². The number of para-hydroxylation sites is 1. The molecule has 0 aromatic heterocycles. The number of benzene rings is 3. The number of carbonyl (C=O) groups is 1. The van der Waals surface area contributed by atoms with E-state index >= 15 is 0 Å². The predicted molar refractivity (Wildman–Crippen MR) is 114 cm³/mol. The van der Waals surface area contributed by atoms with Gasteiger partial charge in [-0.05, 0) is 24.3 Å². The van der Waals surface area contributed by atoms with Crippen LogP contribution >= 0.6 is 23.2 Å². The van der Waals surface area contributed by atoms with E-state index in [0.29, 0.717) is 27.1 Å². The van der Waals surface area contributed by atoms with Gasteiger partial charge in [-0.15, -0.1) is 0 Å². The van der Waals surface area contributed by atoms with Crippen molar-refractivity contribution in [1.29, 1.82) is 0 Å². The molecule has 0 spiro atoms. The van der Waals surface area contributed by atoms with Gasteiger partial charge in [-0.1, -0.05) is 65.7 Å². The Labute approximate surface area is 192 Å². The van der Waals surface area contributed by atoms with E-state index in [1.807, 2.05) is 54.6 Å². The molecule has 158 valence electrons. The molecule has 1 atom stereocenters. The minimum absolute atomic E-state index is 0. The zero-order chi connectivity index (χ0) is 20.8. The third-order valence-corrected chi connectivity index (χ3v) is 5.28. The lowest BCUT2D eigenvalue weighted by Gasteiger charge is -2.18. The number of hydrogen-bond acceptors (Lipinski definition) is 3. The summed E-state index contributed by atoms with van der Waals surface area (Å²) < 4.78 is 12.1. The second-order valence-corrected chi connectivity index (χ2v) is 7.41. The van der Waals surface area contributed by atoms with E-state index in [1.165, 1.54) is 6.92 Å². The van der Waals surface area contributed by atoms with Crippen molar-refractivity contribution in [2.75, 3.05) is 0 Å². The van der Waals surface area contributed by atoms with Gasteiger partial charge in [0.05, 0.1) is 5.56 Å². The zero-order valence-electron chi connectivity index (χ0n) is 16.4. The van der Waals surface area contributed by atoms with Gasteiger partial charge in [-0.25, -0.2) is 0 Å². The lowest BCUT2D eigenvalue weighted by molar-refractivity contribution is -0.409. The molecule has 0 saturated heterocycles. The largest absolute Gasteiger partial charge is 1.00 e. The molecule has 0 aliphatic rings. The summed E-state index contributed by atoms with van der Waals surface area (Å²) in [7, 11) is 0. The summed E-state index contributed by atoms with van der Waals surface area (Å²) in [6.07, 6.45) is 0. The van der Waals surface area contributed by atoms with Gasteiger partial charge in [0.25, 0.3) is 0 Å². The first-order chi connectivity index (χ1) is 14.0. The van der Waals surface area contributed by atoms with E-state index in [-0.39, 0.29) is 31.4 Å². The van der Waals surface area contributed by atoms with Gasteiger partial charge in [-0.3, -0.25) is 4.79 Å². The van der Waals surface area contributed by atoms with E-state index in [9.17, 15) is 4.79 Å². The Morgan fingerprint density at radius 1 is 0.867 bits per heavy atom. The minimum Gasteiger partial charge on any atom is -1.00 e. The summed E-state index contributed by atoms with van der Waals surface area (Å²) in [6.45, 7) is 2.02. The first-order valence-electron chi connectivity index (χ1n) is 9.16. The van der Waals surface area contributed by atoms with Gasteiger partial charge in [-0.2, -0.15) is 0 Å². The topological polar surface area (TPSA) is 63.2 Å². The van der Waals surface area contributed by atoms with Crippen LogP contribution in [0.25, 0.3) is 0 Å². The summed E-state index contributed by atoms with van der Waals surface area (Å²) >= 11 is 12.5. The smallest absolute Gasteiger partial charge is 0.191 e. The second-order valence-electron chi connectivity index (χ2n) is 6.60. The molecule has 0 heterocycles. The highest BCUT2D eigenvalue weighted by atomic mass is 35.5. The standard InChI is InChI=1S/C23H21Cl2NO3.ClH/c1-15(27)22(26)18-9-6-12-21(28-13-16-7-2-4-10-19(16)24)23(18)29-14-17-8-3-5-11-20(17)25;/h2-12,22H,13-14,26H2,1H3;1H. The lowest BCUT2D eigenvalue weighted by atomic mass is 10.0. The fourth-order valence-electron chi connectivity index (χ4n) is 2.83. The summed E-state index contributed by atoms with van der Waals surface area (Å²) in [6, 6.07) is 19.8. The average Bonchev–Trinajstić information content (AvgIpc) is 2.72. The van der Waals surface area contributed by atoms with Gasteiger partial charge in [0.2, 0.25) is 0 Å². The monoisotopic (exact) mass is 465 g/mol. The van der Waals surface area contributed by atoms with Crippen molar-refractivity contribution in [3.8, 4) is 11.5 Å². The van der Waals surface area contributed by atoms with Crippen LogP contribution in [0.5, 0.6) is 11.5 Å². The highest BCUT2D eigenvalue weighted by Gasteiger charge is 2.23. The molecule has 30 heavy (non-hydrogen) atoms. The van der Waals surface area contributed by atoms with Crippen molar-refractivity contribution in [2.24, 2.45) is 0 Å². The molecule has 0 radical (unpaired) electrons. The fourth-order valence-corrected chi connectivity index (χ4v) is 3.21. The molecule has 0 saturated carbocycles. The normalized spacial score (nSPS) is 11.3. The Morgan fingerprint density at radius 2 is 1.40 bits per heavy atom. The molecule has 3 rings (SSSR count). The molecular formula is C23H22Cl3NO3. The van der Waals surface area contributed by atoms with Crippen LogP contribution in [-0.2, 0) is 18.0 Å². The zero-order valence-corrected chi connectivity index (χ0v) is 18.7. The average molecular weight is 467 g/mol. The van der Waals surface area contributed by atoms with Crippen LogP contribution in [0, 0.1) is 0 Å². The van der Waals surface area contributed by atoms with Gasteiger partial charge in [0, 0.05) is 28.1 Å². The summed E-state index contributed by atoms with van der Waals surface area (Å²) in [5.41, 5.74) is 6.34. The lowest BCUT2D eigenvalue weighted by Crippen LogP contribution is -3.00. The minimum atomic E-state index is -0.569. The molecule has 7 heteroatoms.